The Kier molecular flexibility index (Phi) is 4.90. The minimum absolute atomic E-state index is 0.0828. The second kappa shape index (κ2) is 6.65. The van der Waals surface area contributed by atoms with Crippen LogP contribution in [-0.4, -0.2) is 12.5 Å². The van der Waals surface area contributed by atoms with Gasteiger partial charge in [-0.25, -0.2) is 4.39 Å². The summed E-state index contributed by atoms with van der Waals surface area (Å²) in [5, 5.41) is 2.85. The lowest BCUT2D eigenvalue weighted by atomic mass is 10.1. The van der Waals surface area contributed by atoms with Crippen LogP contribution in [0.2, 0.25) is 0 Å². The summed E-state index contributed by atoms with van der Waals surface area (Å²) in [6, 6.07) is 13.7. The lowest BCUT2D eigenvalue weighted by Gasteiger charge is -2.06. The van der Waals surface area contributed by atoms with E-state index in [1.165, 1.54) is 12.1 Å². The highest BCUT2D eigenvalue weighted by atomic mass is 127. The number of hydrogen-bond donors (Lipinski definition) is 1. The zero-order chi connectivity index (χ0) is 13.7. The van der Waals surface area contributed by atoms with Crippen LogP contribution in [0.1, 0.15) is 15.9 Å². The molecule has 4 heteroatoms. The molecule has 0 bridgehead atoms. The predicted molar refractivity (Wildman–Crippen MR) is 81.6 cm³/mol. The van der Waals surface area contributed by atoms with Crippen LogP contribution in [-0.2, 0) is 6.42 Å². The van der Waals surface area contributed by atoms with Crippen molar-refractivity contribution >= 4 is 28.5 Å². The molecule has 0 unspecified atom stereocenters. The van der Waals surface area contributed by atoms with E-state index in [-0.39, 0.29) is 11.7 Å². The van der Waals surface area contributed by atoms with Crippen molar-refractivity contribution in [1.82, 2.24) is 5.32 Å². The van der Waals surface area contributed by atoms with Crippen LogP contribution in [0, 0.1) is 9.39 Å². The molecule has 0 aliphatic rings. The van der Waals surface area contributed by atoms with Crippen molar-refractivity contribution in [1.29, 1.82) is 0 Å². The average Bonchev–Trinajstić information content (AvgIpc) is 2.41. The number of hydrogen-bond acceptors (Lipinski definition) is 1. The van der Waals surface area contributed by atoms with E-state index in [0.29, 0.717) is 18.5 Å². The summed E-state index contributed by atoms with van der Waals surface area (Å²) >= 11 is 2.17. The molecule has 0 radical (unpaired) electrons. The van der Waals surface area contributed by atoms with Gasteiger partial charge >= 0.3 is 0 Å². The van der Waals surface area contributed by atoms with E-state index in [2.05, 4.69) is 27.9 Å². The van der Waals surface area contributed by atoms with Crippen LogP contribution < -0.4 is 5.32 Å². The summed E-state index contributed by atoms with van der Waals surface area (Å²) in [7, 11) is 0. The summed E-state index contributed by atoms with van der Waals surface area (Å²) in [4.78, 5) is 11.9. The molecule has 0 spiro atoms. The topological polar surface area (TPSA) is 29.1 Å². The second-order valence-corrected chi connectivity index (χ2v) is 5.39. The van der Waals surface area contributed by atoms with Crippen LogP contribution in [0.15, 0.2) is 48.5 Å². The van der Waals surface area contributed by atoms with Crippen molar-refractivity contribution in [3.05, 3.63) is 69.0 Å². The van der Waals surface area contributed by atoms with E-state index in [1.54, 1.807) is 18.2 Å². The zero-order valence-corrected chi connectivity index (χ0v) is 12.4. The third-order valence-corrected chi connectivity index (χ3v) is 3.37. The van der Waals surface area contributed by atoms with Crippen molar-refractivity contribution in [2.24, 2.45) is 0 Å². The van der Waals surface area contributed by atoms with Crippen LogP contribution >= 0.6 is 22.6 Å². The molecule has 0 heterocycles. The van der Waals surface area contributed by atoms with Gasteiger partial charge in [0.25, 0.3) is 5.91 Å². The normalized spacial score (nSPS) is 10.2. The summed E-state index contributed by atoms with van der Waals surface area (Å²) in [6.07, 6.45) is 0.690. The first-order chi connectivity index (χ1) is 9.15. The van der Waals surface area contributed by atoms with Crippen molar-refractivity contribution in [3.63, 3.8) is 0 Å². The number of benzene rings is 2. The molecule has 98 valence electrons. The first kappa shape index (κ1) is 14.0. The highest BCUT2D eigenvalue weighted by molar-refractivity contribution is 14.1. The van der Waals surface area contributed by atoms with E-state index in [4.69, 9.17) is 0 Å². The SMILES string of the molecule is O=C(NCCc1ccc(F)cc1)c1cccc(I)c1. The number of rotatable bonds is 4. The highest BCUT2D eigenvalue weighted by Gasteiger charge is 2.04. The fraction of sp³-hybridized carbons (Fsp3) is 0.133. The van der Waals surface area contributed by atoms with Gasteiger partial charge in [0.2, 0.25) is 0 Å². The van der Waals surface area contributed by atoms with E-state index < -0.39 is 0 Å². The Bertz CT molecular complexity index is 569. The molecular weight excluding hydrogens is 356 g/mol. The number of nitrogens with one attached hydrogen (secondary N) is 1. The van der Waals surface area contributed by atoms with Gasteiger partial charge in [0.15, 0.2) is 0 Å². The molecule has 2 rings (SSSR count). The average molecular weight is 369 g/mol. The van der Waals surface area contributed by atoms with Crippen molar-refractivity contribution < 1.29 is 9.18 Å². The molecule has 0 aliphatic heterocycles. The van der Waals surface area contributed by atoms with E-state index in [0.717, 1.165) is 9.13 Å². The largest absolute Gasteiger partial charge is 0.352 e. The fourth-order valence-electron chi connectivity index (χ4n) is 1.70. The maximum absolute atomic E-state index is 12.7. The zero-order valence-electron chi connectivity index (χ0n) is 10.2. The Morgan fingerprint density at radius 2 is 1.89 bits per heavy atom. The van der Waals surface area contributed by atoms with Gasteiger partial charge in [0.1, 0.15) is 5.82 Å². The van der Waals surface area contributed by atoms with Gasteiger partial charge in [-0.05, 0) is 64.9 Å². The van der Waals surface area contributed by atoms with E-state index >= 15 is 0 Å². The molecule has 0 aliphatic carbocycles. The molecule has 0 saturated carbocycles. The predicted octanol–water partition coefficient (Wildman–Crippen LogP) is 3.40. The van der Waals surface area contributed by atoms with Gasteiger partial charge in [-0.2, -0.15) is 0 Å². The smallest absolute Gasteiger partial charge is 0.251 e. The molecule has 1 N–H and O–H groups in total. The summed E-state index contributed by atoms with van der Waals surface area (Å²) in [6.45, 7) is 0.538. The second-order valence-electron chi connectivity index (χ2n) is 4.14. The van der Waals surface area contributed by atoms with Crippen molar-refractivity contribution in [2.75, 3.05) is 6.54 Å². The van der Waals surface area contributed by atoms with Crippen molar-refractivity contribution in [3.8, 4) is 0 Å². The monoisotopic (exact) mass is 369 g/mol. The standard InChI is InChI=1S/C15H13FINO/c16-13-6-4-11(5-7-13)8-9-18-15(19)12-2-1-3-14(17)10-12/h1-7,10H,8-9H2,(H,18,19). The molecule has 0 saturated heterocycles. The summed E-state index contributed by atoms with van der Waals surface area (Å²) in [5.41, 5.74) is 1.66. The van der Waals surface area contributed by atoms with Crippen molar-refractivity contribution in [2.45, 2.75) is 6.42 Å². The molecule has 19 heavy (non-hydrogen) atoms. The Balaban J connectivity index is 1.86. The fourth-order valence-corrected chi connectivity index (χ4v) is 2.25. The Labute approximate surface area is 125 Å². The first-order valence-corrected chi connectivity index (χ1v) is 7.01. The third kappa shape index (κ3) is 4.31. The maximum Gasteiger partial charge on any atom is 0.251 e. The minimum atomic E-state index is -0.244. The summed E-state index contributed by atoms with van der Waals surface area (Å²) in [5.74, 6) is -0.327. The molecule has 0 atom stereocenters. The van der Waals surface area contributed by atoms with Gasteiger partial charge < -0.3 is 5.32 Å². The van der Waals surface area contributed by atoms with Crippen LogP contribution in [0.5, 0.6) is 0 Å². The number of amides is 1. The highest BCUT2D eigenvalue weighted by Crippen LogP contribution is 2.08. The summed E-state index contributed by atoms with van der Waals surface area (Å²) < 4.78 is 13.8. The molecule has 1 amide bonds. The van der Waals surface area contributed by atoms with Crippen LogP contribution in [0.25, 0.3) is 0 Å². The maximum atomic E-state index is 12.7. The Morgan fingerprint density at radius 1 is 1.16 bits per heavy atom. The Hall–Kier alpha value is -1.43. The molecule has 2 nitrogen and oxygen atoms in total. The van der Waals surface area contributed by atoms with Crippen LogP contribution in [0.4, 0.5) is 4.39 Å². The number of carbonyl (C=O) groups is 1. The van der Waals surface area contributed by atoms with E-state index in [9.17, 15) is 9.18 Å². The molecular formula is C15H13FINO. The molecule has 0 aromatic heterocycles. The quantitative estimate of drug-likeness (QED) is 0.823. The van der Waals surface area contributed by atoms with E-state index in [1.807, 2.05) is 18.2 Å². The Morgan fingerprint density at radius 3 is 2.58 bits per heavy atom. The molecule has 2 aromatic rings. The third-order valence-electron chi connectivity index (χ3n) is 2.70. The first-order valence-electron chi connectivity index (χ1n) is 5.93. The number of halogens is 2. The van der Waals surface area contributed by atoms with Gasteiger partial charge in [0, 0.05) is 15.7 Å². The number of carbonyl (C=O) groups excluding carboxylic acids is 1. The van der Waals surface area contributed by atoms with Gasteiger partial charge in [0.05, 0.1) is 0 Å². The molecule has 2 aromatic carbocycles. The minimum Gasteiger partial charge on any atom is -0.352 e. The van der Waals surface area contributed by atoms with Gasteiger partial charge in [-0.1, -0.05) is 18.2 Å². The van der Waals surface area contributed by atoms with Gasteiger partial charge in [-0.15, -0.1) is 0 Å². The lowest BCUT2D eigenvalue weighted by molar-refractivity contribution is 0.0954. The lowest BCUT2D eigenvalue weighted by Crippen LogP contribution is -2.25. The molecule has 0 fully saturated rings. The van der Waals surface area contributed by atoms with Crippen LogP contribution in [0.3, 0.4) is 0 Å². The van der Waals surface area contributed by atoms with Gasteiger partial charge in [-0.3, -0.25) is 4.79 Å².